The summed E-state index contributed by atoms with van der Waals surface area (Å²) in [6.45, 7) is 0.143. The van der Waals surface area contributed by atoms with Crippen molar-refractivity contribution in [2.75, 3.05) is 17.4 Å². The minimum Gasteiger partial charge on any atom is -0.295 e. The van der Waals surface area contributed by atoms with Gasteiger partial charge in [0.1, 0.15) is 0 Å². The van der Waals surface area contributed by atoms with Crippen LogP contribution in [0.2, 0.25) is 0 Å². The number of fused-ring (bicyclic) bond motifs is 1. The molecule has 1 aromatic heterocycles. The minimum atomic E-state index is -0.00919. The molecule has 130 valence electrons. The molecule has 2 heterocycles. The first-order valence-electron chi connectivity index (χ1n) is 8.04. The number of aromatic nitrogens is 3. The van der Waals surface area contributed by atoms with E-state index in [9.17, 15) is 4.79 Å². The summed E-state index contributed by atoms with van der Waals surface area (Å²) >= 11 is 1.52. The second-order valence-corrected chi connectivity index (χ2v) is 6.52. The first-order valence-corrected chi connectivity index (χ1v) is 8.85. The zero-order chi connectivity index (χ0) is 17.8. The largest absolute Gasteiger partial charge is 0.295 e. The molecule has 0 aliphatic carbocycles. The number of hydrazine groups is 1. The van der Waals surface area contributed by atoms with Gasteiger partial charge in [0.05, 0.1) is 6.54 Å². The van der Waals surface area contributed by atoms with Crippen molar-refractivity contribution < 1.29 is 4.79 Å². The summed E-state index contributed by atoms with van der Waals surface area (Å²) in [6.07, 6.45) is 1.90. The average molecular weight is 364 g/mol. The molecule has 0 bridgehead atoms. The lowest BCUT2D eigenvalue weighted by atomic mass is 10.1. The summed E-state index contributed by atoms with van der Waals surface area (Å²) < 4.78 is 1.72. The van der Waals surface area contributed by atoms with Crippen molar-refractivity contribution in [1.29, 1.82) is 0 Å². The topological polar surface area (TPSA) is 83.9 Å². The molecule has 0 amide bonds. The summed E-state index contributed by atoms with van der Waals surface area (Å²) in [5, 5.41) is 8.99. The lowest BCUT2D eigenvalue weighted by Gasteiger charge is -2.17. The van der Waals surface area contributed by atoms with Gasteiger partial charge in [-0.15, -0.1) is 10.2 Å². The van der Waals surface area contributed by atoms with Crippen LogP contribution in [0, 0.1) is 0 Å². The number of rotatable bonds is 6. The average Bonchev–Trinajstić information content (AvgIpc) is 3.11. The Labute approximate surface area is 154 Å². The van der Waals surface area contributed by atoms with Crippen LogP contribution in [0.1, 0.15) is 15.9 Å². The van der Waals surface area contributed by atoms with E-state index in [2.05, 4.69) is 26.5 Å². The van der Waals surface area contributed by atoms with Gasteiger partial charge in [0, 0.05) is 16.7 Å². The quantitative estimate of drug-likeness (QED) is 0.458. The number of carbonyl (C=O) groups is 1. The van der Waals surface area contributed by atoms with Gasteiger partial charge in [-0.1, -0.05) is 60.7 Å². The fourth-order valence-electron chi connectivity index (χ4n) is 2.46. The van der Waals surface area contributed by atoms with E-state index in [1.54, 1.807) is 16.8 Å². The van der Waals surface area contributed by atoms with Crippen LogP contribution < -0.4 is 16.3 Å². The van der Waals surface area contributed by atoms with Gasteiger partial charge in [0.15, 0.2) is 5.78 Å². The van der Waals surface area contributed by atoms with Gasteiger partial charge in [0.2, 0.25) is 5.16 Å². The number of ketones is 1. The molecule has 0 unspecified atom stereocenters. The standard InChI is InChI=1S/C18H16N6OS/c25-15(13-7-3-1-4-8-13)11-19-21-17-22-23-18-24(17)20-12-16(26-18)14-9-5-2-6-10-14/h1-10,12,19-20H,11H2,(H,21,22). The van der Waals surface area contributed by atoms with Gasteiger partial charge in [-0.3, -0.25) is 15.6 Å². The van der Waals surface area contributed by atoms with Crippen LogP contribution in [0.25, 0.3) is 4.91 Å². The van der Waals surface area contributed by atoms with Crippen molar-refractivity contribution in [2.45, 2.75) is 5.16 Å². The van der Waals surface area contributed by atoms with Crippen LogP contribution in [-0.4, -0.2) is 27.2 Å². The summed E-state index contributed by atoms with van der Waals surface area (Å²) in [6, 6.07) is 19.2. The highest BCUT2D eigenvalue weighted by Crippen LogP contribution is 2.35. The van der Waals surface area contributed by atoms with Crippen LogP contribution in [0.5, 0.6) is 0 Å². The van der Waals surface area contributed by atoms with Gasteiger partial charge >= 0.3 is 0 Å². The van der Waals surface area contributed by atoms with Gasteiger partial charge in [-0.05, 0) is 17.3 Å². The van der Waals surface area contributed by atoms with Crippen molar-refractivity contribution in [3.8, 4) is 0 Å². The number of nitrogens with zero attached hydrogens (tertiary/aromatic N) is 3. The highest BCUT2D eigenvalue weighted by atomic mass is 32.2. The lowest BCUT2D eigenvalue weighted by Crippen LogP contribution is -2.31. The van der Waals surface area contributed by atoms with Gasteiger partial charge in [0.25, 0.3) is 5.95 Å². The van der Waals surface area contributed by atoms with E-state index in [0.717, 1.165) is 10.5 Å². The molecule has 2 aromatic carbocycles. The fourth-order valence-corrected chi connectivity index (χ4v) is 3.33. The third kappa shape index (κ3) is 3.46. The maximum atomic E-state index is 12.1. The molecule has 4 rings (SSSR count). The molecule has 1 aliphatic rings. The van der Waals surface area contributed by atoms with Crippen molar-refractivity contribution in [1.82, 2.24) is 20.3 Å². The summed E-state index contributed by atoms with van der Waals surface area (Å²) in [5.41, 5.74) is 10.7. The fraction of sp³-hybridized carbons (Fsp3) is 0.0556. The maximum Gasteiger partial charge on any atom is 0.259 e. The number of hydrogen-bond acceptors (Lipinski definition) is 7. The zero-order valence-corrected chi connectivity index (χ0v) is 14.5. The SMILES string of the molecule is O=C(CNNc1nnc2n1NC=C(c1ccccc1)S2)c1ccccc1. The molecule has 3 N–H and O–H groups in total. The monoisotopic (exact) mass is 364 g/mol. The van der Waals surface area contributed by atoms with E-state index >= 15 is 0 Å². The second-order valence-electron chi connectivity index (χ2n) is 5.52. The maximum absolute atomic E-state index is 12.1. The Kier molecular flexibility index (Phi) is 4.67. The van der Waals surface area contributed by atoms with Gasteiger partial charge < -0.3 is 0 Å². The molecular weight excluding hydrogens is 348 g/mol. The zero-order valence-electron chi connectivity index (χ0n) is 13.7. The highest BCUT2D eigenvalue weighted by molar-refractivity contribution is 8.08. The summed E-state index contributed by atoms with van der Waals surface area (Å²) in [7, 11) is 0. The predicted molar refractivity (Wildman–Crippen MR) is 102 cm³/mol. The Bertz CT molecular complexity index is 939. The number of benzene rings is 2. The van der Waals surface area contributed by atoms with Crippen molar-refractivity contribution in [3.63, 3.8) is 0 Å². The van der Waals surface area contributed by atoms with Crippen molar-refractivity contribution in [3.05, 3.63) is 78.0 Å². The molecule has 26 heavy (non-hydrogen) atoms. The Balaban J connectivity index is 1.37. The first kappa shape index (κ1) is 16.4. The Morgan fingerprint density at radius 1 is 1.04 bits per heavy atom. The molecule has 3 aromatic rings. The molecular formula is C18H16N6OS. The molecule has 7 nitrogen and oxygen atoms in total. The van der Waals surface area contributed by atoms with E-state index in [0.29, 0.717) is 16.7 Å². The Morgan fingerprint density at radius 3 is 2.54 bits per heavy atom. The number of nitrogens with one attached hydrogen (secondary N) is 3. The van der Waals surface area contributed by atoms with Crippen molar-refractivity contribution >= 4 is 28.4 Å². The second kappa shape index (κ2) is 7.42. The molecule has 8 heteroatoms. The highest BCUT2D eigenvalue weighted by Gasteiger charge is 2.19. The van der Waals surface area contributed by atoms with E-state index in [4.69, 9.17) is 0 Å². The van der Waals surface area contributed by atoms with Crippen LogP contribution in [-0.2, 0) is 0 Å². The molecule has 0 spiro atoms. The first-order chi connectivity index (χ1) is 12.8. The van der Waals surface area contributed by atoms with Crippen LogP contribution >= 0.6 is 11.8 Å². The van der Waals surface area contributed by atoms with Crippen LogP contribution in [0.15, 0.2) is 72.0 Å². The molecule has 1 aliphatic heterocycles. The summed E-state index contributed by atoms with van der Waals surface area (Å²) in [4.78, 5) is 13.1. The predicted octanol–water partition coefficient (Wildman–Crippen LogP) is 2.73. The van der Waals surface area contributed by atoms with Gasteiger partial charge in [-0.25, -0.2) is 5.43 Å². The van der Waals surface area contributed by atoms with E-state index in [-0.39, 0.29) is 12.3 Å². The van der Waals surface area contributed by atoms with E-state index in [1.807, 2.05) is 54.7 Å². The van der Waals surface area contributed by atoms with Crippen LogP contribution in [0.4, 0.5) is 5.95 Å². The summed E-state index contributed by atoms with van der Waals surface area (Å²) in [5.74, 6) is 0.474. The third-order valence-corrected chi connectivity index (χ3v) is 4.78. The lowest BCUT2D eigenvalue weighted by molar-refractivity contribution is 0.0993. The molecule has 0 saturated heterocycles. The third-order valence-electron chi connectivity index (χ3n) is 3.76. The Morgan fingerprint density at radius 2 is 1.77 bits per heavy atom. The number of anilines is 1. The number of thioether (sulfide) groups is 1. The molecule has 0 radical (unpaired) electrons. The van der Waals surface area contributed by atoms with E-state index in [1.165, 1.54) is 11.8 Å². The Hall–Kier alpha value is -3.10. The van der Waals surface area contributed by atoms with Gasteiger partial charge in [-0.2, -0.15) is 4.68 Å². The van der Waals surface area contributed by atoms with Crippen LogP contribution in [0.3, 0.4) is 0 Å². The molecule has 0 atom stereocenters. The molecule has 0 fully saturated rings. The minimum absolute atomic E-state index is 0.00919. The number of carbonyl (C=O) groups excluding carboxylic acids is 1. The smallest absolute Gasteiger partial charge is 0.259 e. The van der Waals surface area contributed by atoms with E-state index < -0.39 is 0 Å². The normalized spacial score (nSPS) is 12.7. The number of Topliss-reactive ketones (excluding diaryl/α,β-unsaturated/α-hetero) is 1. The molecule has 0 saturated carbocycles. The van der Waals surface area contributed by atoms with Crippen molar-refractivity contribution in [2.24, 2.45) is 0 Å². The number of hydrogen-bond donors (Lipinski definition) is 3.